The standard InChI is InChI=1S/C22H23FN2O3/c1-25(2)19(15-8-10-16(27-3)11-9-15)14-24-22(26)21-13-12-20(28-21)17-6-4-5-7-18(17)23/h4-13,19H,14H2,1-3H3,(H,24,26)/t19-/m1/s1. The molecule has 2 aromatic carbocycles. The molecule has 0 saturated carbocycles. The number of ether oxygens (including phenoxy) is 1. The number of likely N-dealkylation sites (N-methyl/N-ethyl adjacent to an activating group) is 1. The molecule has 1 N–H and O–H groups in total. The van der Waals surface area contributed by atoms with E-state index in [9.17, 15) is 9.18 Å². The van der Waals surface area contributed by atoms with E-state index >= 15 is 0 Å². The molecule has 0 aliphatic carbocycles. The molecule has 146 valence electrons. The van der Waals surface area contributed by atoms with Crippen molar-refractivity contribution in [2.24, 2.45) is 0 Å². The number of rotatable bonds is 7. The molecule has 0 aliphatic heterocycles. The van der Waals surface area contributed by atoms with Crippen molar-refractivity contribution < 1.29 is 18.3 Å². The fourth-order valence-electron chi connectivity index (χ4n) is 2.97. The molecular formula is C22H23FN2O3. The number of amides is 1. The number of carbonyl (C=O) groups is 1. The molecule has 3 aromatic rings. The minimum absolute atomic E-state index is 0.0177. The maximum Gasteiger partial charge on any atom is 0.287 e. The summed E-state index contributed by atoms with van der Waals surface area (Å²) in [6, 6.07) is 17.1. The Hall–Kier alpha value is -3.12. The third kappa shape index (κ3) is 4.40. The highest BCUT2D eigenvalue weighted by atomic mass is 19.1. The lowest BCUT2D eigenvalue weighted by Gasteiger charge is -2.25. The van der Waals surface area contributed by atoms with Gasteiger partial charge in [0.15, 0.2) is 5.76 Å². The van der Waals surface area contributed by atoms with E-state index in [1.807, 2.05) is 43.3 Å². The summed E-state index contributed by atoms with van der Waals surface area (Å²) in [7, 11) is 5.52. The van der Waals surface area contributed by atoms with Crippen LogP contribution in [0.5, 0.6) is 5.75 Å². The smallest absolute Gasteiger partial charge is 0.287 e. The molecule has 1 heterocycles. The largest absolute Gasteiger partial charge is 0.497 e. The first-order valence-electron chi connectivity index (χ1n) is 8.93. The minimum Gasteiger partial charge on any atom is -0.497 e. The summed E-state index contributed by atoms with van der Waals surface area (Å²) in [6.07, 6.45) is 0. The predicted molar refractivity (Wildman–Crippen MR) is 106 cm³/mol. The molecule has 0 unspecified atom stereocenters. The highest BCUT2D eigenvalue weighted by molar-refractivity contribution is 5.92. The third-order valence-corrected chi connectivity index (χ3v) is 4.55. The van der Waals surface area contributed by atoms with Crippen LogP contribution in [0, 0.1) is 5.82 Å². The fraction of sp³-hybridized carbons (Fsp3) is 0.227. The molecular weight excluding hydrogens is 359 g/mol. The number of methoxy groups -OCH3 is 1. The van der Waals surface area contributed by atoms with E-state index in [-0.39, 0.29) is 17.7 Å². The number of hydrogen-bond donors (Lipinski definition) is 1. The van der Waals surface area contributed by atoms with E-state index in [0.717, 1.165) is 11.3 Å². The van der Waals surface area contributed by atoms with Crippen molar-refractivity contribution in [3.8, 4) is 17.1 Å². The Labute approximate surface area is 163 Å². The van der Waals surface area contributed by atoms with E-state index in [1.165, 1.54) is 6.07 Å². The second-order valence-corrected chi connectivity index (χ2v) is 6.61. The quantitative estimate of drug-likeness (QED) is 0.668. The lowest BCUT2D eigenvalue weighted by atomic mass is 10.1. The third-order valence-electron chi connectivity index (χ3n) is 4.55. The van der Waals surface area contributed by atoms with E-state index in [4.69, 9.17) is 9.15 Å². The number of halogens is 1. The predicted octanol–water partition coefficient (Wildman–Crippen LogP) is 4.13. The Balaban J connectivity index is 1.69. The van der Waals surface area contributed by atoms with Crippen LogP contribution in [0.4, 0.5) is 4.39 Å². The Morgan fingerprint density at radius 2 is 1.82 bits per heavy atom. The van der Waals surface area contributed by atoms with Gasteiger partial charge in [-0.2, -0.15) is 0 Å². The highest BCUT2D eigenvalue weighted by Crippen LogP contribution is 2.25. The zero-order valence-corrected chi connectivity index (χ0v) is 16.1. The van der Waals surface area contributed by atoms with Crippen LogP contribution in [0.15, 0.2) is 65.1 Å². The van der Waals surface area contributed by atoms with Gasteiger partial charge in [-0.15, -0.1) is 0 Å². The van der Waals surface area contributed by atoms with Gasteiger partial charge in [0.25, 0.3) is 5.91 Å². The normalized spacial score (nSPS) is 12.0. The number of benzene rings is 2. The zero-order valence-electron chi connectivity index (χ0n) is 16.1. The average Bonchev–Trinajstić information content (AvgIpc) is 3.18. The molecule has 3 rings (SSSR count). The van der Waals surface area contributed by atoms with Crippen LogP contribution in [-0.2, 0) is 0 Å². The molecule has 0 fully saturated rings. The van der Waals surface area contributed by atoms with Crippen LogP contribution in [0.25, 0.3) is 11.3 Å². The summed E-state index contributed by atoms with van der Waals surface area (Å²) in [5.41, 5.74) is 1.38. The topological polar surface area (TPSA) is 54.7 Å². The van der Waals surface area contributed by atoms with Crippen molar-refractivity contribution in [1.82, 2.24) is 10.2 Å². The van der Waals surface area contributed by atoms with E-state index < -0.39 is 5.82 Å². The van der Waals surface area contributed by atoms with Crippen LogP contribution in [0.3, 0.4) is 0 Å². The van der Waals surface area contributed by atoms with Gasteiger partial charge in [0.2, 0.25) is 0 Å². The van der Waals surface area contributed by atoms with Crippen LogP contribution >= 0.6 is 0 Å². The van der Waals surface area contributed by atoms with Crippen molar-refractivity contribution in [1.29, 1.82) is 0 Å². The van der Waals surface area contributed by atoms with Crippen molar-refractivity contribution in [2.75, 3.05) is 27.7 Å². The summed E-state index contributed by atoms with van der Waals surface area (Å²) >= 11 is 0. The summed E-state index contributed by atoms with van der Waals surface area (Å²) in [5.74, 6) is 0.508. The lowest BCUT2D eigenvalue weighted by Crippen LogP contribution is -2.34. The van der Waals surface area contributed by atoms with Crippen molar-refractivity contribution in [2.45, 2.75) is 6.04 Å². The summed E-state index contributed by atoms with van der Waals surface area (Å²) in [6.45, 7) is 0.397. The molecule has 6 heteroatoms. The Bertz CT molecular complexity index is 935. The number of furan rings is 1. The van der Waals surface area contributed by atoms with Gasteiger partial charge in [-0.25, -0.2) is 4.39 Å². The second-order valence-electron chi connectivity index (χ2n) is 6.61. The highest BCUT2D eigenvalue weighted by Gasteiger charge is 2.18. The molecule has 0 bridgehead atoms. The first kappa shape index (κ1) is 19.6. The Kier molecular flexibility index (Phi) is 6.11. The lowest BCUT2D eigenvalue weighted by molar-refractivity contribution is 0.0915. The first-order valence-corrected chi connectivity index (χ1v) is 8.93. The van der Waals surface area contributed by atoms with Gasteiger partial charge in [0.05, 0.1) is 18.7 Å². The van der Waals surface area contributed by atoms with Gasteiger partial charge in [-0.1, -0.05) is 24.3 Å². The van der Waals surface area contributed by atoms with Gasteiger partial charge in [-0.3, -0.25) is 4.79 Å². The number of hydrogen-bond acceptors (Lipinski definition) is 4. The Morgan fingerprint density at radius 3 is 2.46 bits per heavy atom. The van der Waals surface area contributed by atoms with Crippen molar-refractivity contribution in [3.63, 3.8) is 0 Å². The number of carbonyl (C=O) groups excluding carboxylic acids is 1. The number of nitrogens with zero attached hydrogens (tertiary/aromatic N) is 1. The zero-order chi connectivity index (χ0) is 20.1. The summed E-state index contributed by atoms with van der Waals surface area (Å²) in [4.78, 5) is 14.5. The number of nitrogens with one attached hydrogen (secondary N) is 1. The van der Waals surface area contributed by atoms with E-state index in [1.54, 1.807) is 37.4 Å². The first-order chi connectivity index (χ1) is 13.5. The maximum atomic E-state index is 13.9. The molecule has 5 nitrogen and oxygen atoms in total. The van der Waals surface area contributed by atoms with Crippen LogP contribution < -0.4 is 10.1 Å². The fourth-order valence-corrected chi connectivity index (χ4v) is 2.97. The Morgan fingerprint density at radius 1 is 1.11 bits per heavy atom. The van der Waals surface area contributed by atoms with E-state index in [2.05, 4.69) is 5.32 Å². The maximum absolute atomic E-state index is 13.9. The van der Waals surface area contributed by atoms with Crippen molar-refractivity contribution >= 4 is 5.91 Å². The molecule has 0 radical (unpaired) electrons. The van der Waals surface area contributed by atoms with Gasteiger partial charge < -0.3 is 19.4 Å². The van der Waals surface area contributed by atoms with Gasteiger partial charge in [-0.05, 0) is 56.1 Å². The molecule has 0 aliphatic rings. The molecule has 28 heavy (non-hydrogen) atoms. The SMILES string of the molecule is COc1ccc([C@@H](CNC(=O)c2ccc(-c3ccccc3F)o2)N(C)C)cc1. The molecule has 0 saturated heterocycles. The molecule has 0 spiro atoms. The van der Waals surface area contributed by atoms with Gasteiger partial charge >= 0.3 is 0 Å². The van der Waals surface area contributed by atoms with Crippen molar-refractivity contribution in [3.05, 3.63) is 77.8 Å². The van der Waals surface area contributed by atoms with E-state index in [0.29, 0.717) is 17.9 Å². The van der Waals surface area contributed by atoms with Crippen LogP contribution in [0.2, 0.25) is 0 Å². The minimum atomic E-state index is -0.393. The second kappa shape index (κ2) is 8.71. The molecule has 1 amide bonds. The van der Waals surface area contributed by atoms with Crippen LogP contribution in [-0.4, -0.2) is 38.6 Å². The van der Waals surface area contributed by atoms with Gasteiger partial charge in [0, 0.05) is 6.54 Å². The average molecular weight is 382 g/mol. The molecule has 1 atom stereocenters. The summed E-state index contributed by atoms with van der Waals surface area (Å²) < 4.78 is 24.6. The summed E-state index contributed by atoms with van der Waals surface area (Å²) in [5, 5.41) is 2.89. The monoisotopic (exact) mass is 382 g/mol. The molecule has 1 aromatic heterocycles. The van der Waals surface area contributed by atoms with Gasteiger partial charge in [0.1, 0.15) is 17.3 Å². The van der Waals surface area contributed by atoms with Crippen LogP contribution in [0.1, 0.15) is 22.2 Å².